The highest BCUT2D eigenvalue weighted by Crippen LogP contribution is 2.18. The summed E-state index contributed by atoms with van der Waals surface area (Å²) >= 11 is 0. The summed E-state index contributed by atoms with van der Waals surface area (Å²) < 4.78 is 23.7. The molecule has 2 unspecified atom stereocenters. The normalized spacial score (nSPS) is 17.4. The zero-order valence-corrected chi connectivity index (χ0v) is 9.76. The Morgan fingerprint density at radius 1 is 1.23 bits per heavy atom. The Hall–Kier alpha value is -0.0900. The van der Waals surface area contributed by atoms with E-state index in [1.165, 1.54) is 0 Å². The van der Waals surface area contributed by atoms with Gasteiger partial charge in [-0.2, -0.15) is 0 Å². The average Bonchev–Trinajstić information content (AvgIpc) is 2.04. The number of nitrogens with two attached hydrogens (primary N) is 1. The third-order valence-electron chi connectivity index (χ3n) is 2.64. The number of hydrogen-bond acceptors (Lipinski definition) is 3. The van der Waals surface area contributed by atoms with Gasteiger partial charge in [0.25, 0.3) is 0 Å². The van der Waals surface area contributed by atoms with Gasteiger partial charge < -0.3 is 5.73 Å². The van der Waals surface area contributed by atoms with E-state index in [0.29, 0.717) is 6.42 Å². The maximum Gasteiger partial charge on any atom is 0.157 e. The van der Waals surface area contributed by atoms with Gasteiger partial charge in [-0.15, -0.1) is 0 Å². The molecule has 0 aromatic carbocycles. The summed E-state index contributed by atoms with van der Waals surface area (Å²) in [6, 6.07) is 0. The largest absolute Gasteiger partial charge is 0.329 e. The van der Waals surface area contributed by atoms with Crippen molar-refractivity contribution >= 4 is 9.84 Å². The lowest BCUT2D eigenvalue weighted by molar-refractivity contribution is 0.530. The van der Waals surface area contributed by atoms with E-state index >= 15 is 0 Å². The fourth-order valence-corrected chi connectivity index (χ4v) is 3.31. The van der Waals surface area contributed by atoms with Crippen molar-refractivity contribution in [1.82, 2.24) is 0 Å². The van der Waals surface area contributed by atoms with Gasteiger partial charge in [0.15, 0.2) is 9.84 Å². The van der Waals surface area contributed by atoms with Gasteiger partial charge in [-0.05, 0) is 19.3 Å². The smallest absolute Gasteiger partial charge is 0.157 e. The zero-order chi connectivity index (χ0) is 10.6. The first-order chi connectivity index (χ1) is 5.87. The van der Waals surface area contributed by atoms with Crippen LogP contribution in [0.15, 0.2) is 0 Å². The monoisotopic (exact) mass is 207 g/mol. The minimum absolute atomic E-state index is 0.158. The van der Waals surface area contributed by atoms with Gasteiger partial charge in [0.05, 0.1) is 10.5 Å². The molecule has 0 saturated heterocycles. The summed E-state index contributed by atoms with van der Waals surface area (Å²) in [5.74, 6) is 0.158. The van der Waals surface area contributed by atoms with E-state index in [4.69, 9.17) is 5.73 Å². The molecule has 0 heterocycles. The lowest BCUT2D eigenvalue weighted by atomic mass is 10.2. The van der Waals surface area contributed by atoms with Crippen LogP contribution in [0, 0.1) is 5.92 Å². The van der Waals surface area contributed by atoms with Gasteiger partial charge in [0.2, 0.25) is 0 Å². The van der Waals surface area contributed by atoms with Crippen molar-refractivity contribution in [2.45, 2.75) is 44.6 Å². The van der Waals surface area contributed by atoms with Crippen LogP contribution < -0.4 is 5.73 Å². The van der Waals surface area contributed by atoms with E-state index in [2.05, 4.69) is 0 Å². The van der Waals surface area contributed by atoms with Crippen molar-refractivity contribution in [3.05, 3.63) is 0 Å². The molecule has 0 radical (unpaired) electrons. The first kappa shape index (κ1) is 12.9. The van der Waals surface area contributed by atoms with Crippen molar-refractivity contribution in [2.75, 3.05) is 6.54 Å². The van der Waals surface area contributed by atoms with Gasteiger partial charge in [0, 0.05) is 6.54 Å². The van der Waals surface area contributed by atoms with Crippen LogP contribution >= 0.6 is 0 Å². The number of hydrogen-bond donors (Lipinski definition) is 1. The number of rotatable bonds is 5. The molecule has 0 amide bonds. The molecule has 3 nitrogen and oxygen atoms in total. The van der Waals surface area contributed by atoms with E-state index in [1.807, 2.05) is 20.8 Å². The summed E-state index contributed by atoms with van der Waals surface area (Å²) in [5, 5.41) is -0.661. The molecule has 13 heavy (non-hydrogen) atoms. The second-order valence-electron chi connectivity index (χ2n) is 3.80. The molecule has 0 fully saturated rings. The molecular weight excluding hydrogens is 186 g/mol. The molecule has 0 aliphatic heterocycles. The van der Waals surface area contributed by atoms with Gasteiger partial charge in [-0.25, -0.2) is 8.42 Å². The quantitative estimate of drug-likeness (QED) is 0.736. The minimum atomic E-state index is -3.03. The zero-order valence-electron chi connectivity index (χ0n) is 8.95. The molecule has 0 saturated carbocycles. The molecule has 0 spiro atoms. The lowest BCUT2D eigenvalue weighted by Crippen LogP contribution is -2.37. The Labute approximate surface area is 81.6 Å². The van der Waals surface area contributed by atoms with Crippen LogP contribution in [0.3, 0.4) is 0 Å². The van der Waals surface area contributed by atoms with Gasteiger partial charge >= 0.3 is 0 Å². The maximum absolute atomic E-state index is 11.9. The Morgan fingerprint density at radius 2 is 1.69 bits per heavy atom. The Morgan fingerprint density at radius 3 is 1.92 bits per heavy atom. The summed E-state index contributed by atoms with van der Waals surface area (Å²) in [6.07, 6.45) is 0.607. The Balaban J connectivity index is 4.74. The molecule has 80 valence electrons. The average molecular weight is 207 g/mol. The first-order valence-corrected chi connectivity index (χ1v) is 6.41. The van der Waals surface area contributed by atoms with Crippen LogP contribution in [0.5, 0.6) is 0 Å². The summed E-state index contributed by atoms with van der Waals surface area (Å²) in [5.41, 5.74) is 5.43. The maximum atomic E-state index is 11.9. The lowest BCUT2D eigenvalue weighted by Gasteiger charge is -2.22. The molecule has 0 aliphatic carbocycles. The molecule has 0 aromatic rings. The highest BCUT2D eigenvalue weighted by Gasteiger charge is 2.30. The van der Waals surface area contributed by atoms with Crippen LogP contribution in [0.1, 0.15) is 34.1 Å². The first-order valence-electron chi connectivity index (χ1n) is 4.80. The topological polar surface area (TPSA) is 60.2 Å². The highest BCUT2D eigenvalue weighted by molar-refractivity contribution is 7.92. The van der Waals surface area contributed by atoms with Crippen molar-refractivity contribution in [1.29, 1.82) is 0 Å². The molecule has 2 atom stereocenters. The van der Waals surface area contributed by atoms with Crippen molar-refractivity contribution in [2.24, 2.45) is 11.7 Å². The van der Waals surface area contributed by atoms with Crippen LogP contribution in [0.25, 0.3) is 0 Å². The molecule has 4 heteroatoms. The summed E-state index contributed by atoms with van der Waals surface area (Å²) in [6.45, 7) is 7.70. The fraction of sp³-hybridized carbons (Fsp3) is 1.00. The second kappa shape index (κ2) is 4.96. The molecule has 0 aromatic heterocycles. The van der Waals surface area contributed by atoms with Crippen molar-refractivity contribution in [3.8, 4) is 0 Å². The Kier molecular flexibility index (Phi) is 4.92. The minimum Gasteiger partial charge on any atom is -0.329 e. The highest BCUT2D eigenvalue weighted by atomic mass is 32.2. The van der Waals surface area contributed by atoms with E-state index in [0.717, 1.165) is 0 Å². The third-order valence-corrected chi connectivity index (χ3v) is 5.68. The molecule has 2 N–H and O–H groups in total. The van der Waals surface area contributed by atoms with Gasteiger partial charge in [0.1, 0.15) is 0 Å². The SMILES string of the molecule is CCC(CN)S(=O)(=O)C(C)C(C)C. The summed E-state index contributed by atoms with van der Waals surface area (Å²) in [7, 11) is -3.03. The van der Waals surface area contributed by atoms with Crippen LogP contribution in [0.2, 0.25) is 0 Å². The van der Waals surface area contributed by atoms with Gasteiger partial charge in [-0.3, -0.25) is 0 Å². The van der Waals surface area contributed by atoms with Crippen LogP contribution in [-0.4, -0.2) is 25.5 Å². The molecule has 0 bridgehead atoms. The van der Waals surface area contributed by atoms with Gasteiger partial charge in [-0.1, -0.05) is 20.8 Å². The predicted octanol–water partition coefficient (Wildman–Crippen LogP) is 1.18. The standard InChI is InChI=1S/C9H21NO2S/c1-5-9(6-10)13(11,12)8(4)7(2)3/h7-9H,5-6,10H2,1-4H3. The third kappa shape index (κ3) is 2.95. The summed E-state index contributed by atoms with van der Waals surface area (Å²) in [4.78, 5) is 0. The van der Waals surface area contributed by atoms with Crippen LogP contribution in [0.4, 0.5) is 0 Å². The van der Waals surface area contributed by atoms with Crippen molar-refractivity contribution < 1.29 is 8.42 Å². The fourth-order valence-electron chi connectivity index (χ4n) is 1.22. The Bertz CT molecular complexity index is 222. The number of sulfone groups is 1. The van der Waals surface area contributed by atoms with E-state index < -0.39 is 9.84 Å². The predicted molar refractivity (Wildman–Crippen MR) is 56.4 cm³/mol. The van der Waals surface area contributed by atoms with E-state index in [1.54, 1.807) is 6.92 Å². The molecular formula is C9H21NO2S. The van der Waals surface area contributed by atoms with E-state index in [-0.39, 0.29) is 23.0 Å². The van der Waals surface area contributed by atoms with E-state index in [9.17, 15) is 8.42 Å². The van der Waals surface area contributed by atoms with Crippen LogP contribution in [-0.2, 0) is 9.84 Å². The molecule has 0 rings (SSSR count). The molecule has 0 aliphatic rings. The second-order valence-corrected chi connectivity index (χ2v) is 6.39. The van der Waals surface area contributed by atoms with Crippen molar-refractivity contribution in [3.63, 3.8) is 0 Å².